The highest BCUT2D eigenvalue weighted by Crippen LogP contribution is 2.22. The number of aromatic amines is 1. The first-order valence-electron chi connectivity index (χ1n) is 8.29. The van der Waals surface area contributed by atoms with Crippen LogP contribution in [0.3, 0.4) is 0 Å². The molecular weight excluding hydrogens is 322 g/mol. The van der Waals surface area contributed by atoms with Crippen molar-refractivity contribution in [3.8, 4) is 0 Å². The van der Waals surface area contributed by atoms with Crippen molar-refractivity contribution >= 4 is 28.7 Å². The number of hydrogen-bond acceptors (Lipinski definition) is 3. The first-order chi connectivity index (χ1) is 12.0. The number of likely N-dealkylation sites (tertiary alicyclic amines) is 1. The lowest BCUT2D eigenvalue weighted by Crippen LogP contribution is -2.48. The molecule has 2 aromatic rings. The van der Waals surface area contributed by atoms with E-state index in [2.05, 4.69) is 10.3 Å². The molecule has 1 aliphatic heterocycles. The van der Waals surface area contributed by atoms with Crippen LogP contribution < -0.4 is 5.32 Å². The van der Waals surface area contributed by atoms with Gasteiger partial charge in [0.1, 0.15) is 6.04 Å². The molecule has 0 radical (unpaired) electrons. The van der Waals surface area contributed by atoms with Gasteiger partial charge in [0.15, 0.2) is 0 Å². The molecule has 7 heteroatoms. The minimum absolute atomic E-state index is 0.193. The van der Waals surface area contributed by atoms with E-state index in [1.54, 1.807) is 0 Å². The molecule has 2 unspecified atom stereocenters. The summed E-state index contributed by atoms with van der Waals surface area (Å²) in [5.74, 6) is -1.94. The van der Waals surface area contributed by atoms with Gasteiger partial charge in [0, 0.05) is 43.5 Å². The van der Waals surface area contributed by atoms with E-state index in [0.29, 0.717) is 19.4 Å². The van der Waals surface area contributed by atoms with Crippen LogP contribution in [0.1, 0.15) is 18.9 Å². The van der Waals surface area contributed by atoms with Crippen LogP contribution in [0.4, 0.5) is 0 Å². The highest BCUT2D eigenvalue weighted by atomic mass is 16.4. The molecule has 2 amide bonds. The number of nitrogens with zero attached hydrogens (tertiary/aromatic N) is 1. The third-order valence-corrected chi connectivity index (χ3v) is 4.62. The van der Waals surface area contributed by atoms with Gasteiger partial charge in [0.25, 0.3) is 0 Å². The van der Waals surface area contributed by atoms with Crippen LogP contribution in [0.15, 0.2) is 30.5 Å². The van der Waals surface area contributed by atoms with E-state index in [0.717, 1.165) is 16.5 Å². The fraction of sp³-hybridized carbons (Fsp3) is 0.389. The smallest absolute Gasteiger partial charge is 0.308 e. The number of aromatic nitrogens is 1. The Morgan fingerprint density at radius 1 is 1.36 bits per heavy atom. The number of carbonyl (C=O) groups excluding carboxylic acids is 2. The zero-order chi connectivity index (χ0) is 18.0. The van der Waals surface area contributed by atoms with E-state index < -0.39 is 17.9 Å². The van der Waals surface area contributed by atoms with Gasteiger partial charge in [-0.05, 0) is 18.1 Å². The highest BCUT2D eigenvalue weighted by Gasteiger charge is 2.34. The fourth-order valence-electron chi connectivity index (χ4n) is 3.35. The van der Waals surface area contributed by atoms with E-state index >= 15 is 0 Å². The summed E-state index contributed by atoms with van der Waals surface area (Å²) in [6.07, 6.45) is 2.65. The van der Waals surface area contributed by atoms with Gasteiger partial charge in [0.05, 0.1) is 5.92 Å². The quantitative estimate of drug-likeness (QED) is 0.758. The number of aliphatic carboxylic acids is 1. The molecule has 25 heavy (non-hydrogen) atoms. The van der Waals surface area contributed by atoms with Crippen molar-refractivity contribution in [2.24, 2.45) is 5.92 Å². The maximum Gasteiger partial charge on any atom is 0.308 e. The number of nitrogens with one attached hydrogen (secondary N) is 2. The number of carboxylic acids is 1. The number of amides is 2. The molecule has 3 N–H and O–H groups in total. The molecule has 0 saturated carbocycles. The van der Waals surface area contributed by atoms with Gasteiger partial charge in [-0.2, -0.15) is 0 Å². The summed E-state index contributed by atoms with van der Waals surface area (Å²) in [6.45, 7) is 1.97. The van der Waals surface area contributed by atoms with Crippen molar-refractivity contribution in [2.75, 3.05) is 13.1 Å². The number of carbonyl (C=O) groups is 3. The zero-order valence-corrected chi connectivity index (χ0v) is 14.0. The van der Waals surface area contributed by atoms with E-state index in [-0.39, 0.29) is 18.4 Å². The van der Waals surface area contributed by atoms with Gasteiger partial charge in [-0.1, -0.05) is 18.2 Å². The van der Waals surface area contributed by atoms with Crippen LogP contribution in [-0.2, 0) is 20.8 Å². The number of hydrogen-bond donors (Lipinski definition) is 3. The van der Waals surface area contributed by atoms with Gasteiger partial charge in [0.2, 0.25) is 11.8 Å². The average Bonchev–Trinajstić information content (AvgIpc) is 3.21. The average molecular weight is 343 g/mol. The van der Waals surface area contributed by atoms with Crippen LogP contribution in [0, 0.1) is 5.92 Å². The molecule has 1 fully saturated rings. The van der Waals surface area contributed by atoms with Crippen molar-refractivity contribution in [1.29, 1.82) is 0 Å². The second kappa shape index (κ2) is 6.96. The summed E-state index contributed by atoms with van der Waals surface area (Å²) in [4.78, 5) is 40.2. The standard InChI is InChI=1S/C18H21N3O4/c1-11(22)20-16(17(23)21-7-6-12(10-21)18(24)25)8-13-9-19-15-5-3-2-4-14(13)15/h2-5,9,12,16,19H,6-8,10H2,1H3,(H,20,22)(H,24,25). The molecule has 7 nitrogen and oxygen atoms in total. The Balaban J connectivity index is 1.79. The van der Waals surface area contributed by atoms with Gasteiger partial charge in [-0.3, -0.25) is 14.4 Å². The maximum atomic E-state index is 12.8. The molecule has 1 aromatic carbocycles. The first kappa shape index (κ1) is 17.0. The van der Waals surface area contributed by atoms with Crippen molar-refractivity contribution in [1.82, 2.24) is 15.2 Å². The second-order valence-corrected chi connectivity index (χ2v) is 6.42. The molecule has 1 aromatic heterocycles. The molecule has 3 rings (SSSR count). The van der Waals surface area contributed by atoms with Crippen LogP contribution in [0.25, 0.3) is 10.9 Å². The van der Waals surface area contributed by atoms with Crippen LogP contribution >= 0.6 is 0 Å². The van der Waals surface area contributed by atoms with E-state index in [4.69, 9.17) is 5.11 Å². The predicted molar refractivity (Wildman–Crippen MR) is 91.9 cm³/mol. The summed E-state index contributed by atoms with van der Waals surface area (Å²) in [5, 5.41) is 12.8. The van der Waals surface area contributed by atoms with E-state index in [1.165, 1.54) is 11.8 Å². The normalized spacial score (nSPS) is 18.3. The van der Waals surface area contributed by atoms with Gasteiger partial charge < -0.3 is 20.3 Å². The Bertz CT molecular complexity index is 814. The van der Waals surface area contributed by atoms with Crippen molar-refractivity contribution in [3.05, 3.63) is 36.0 Å². The number of H-pyrrole nitrogens is 1. The third kappa shape index (κ3) is 3.65. The molecule has 1 saturated heterocycles. The minimum atomic E-state index is -0.886. The molecule has 132 valence electrons. The summed E-state index contributed by atoms with van der Waals surface area (Å²) < 4.78 is 0. The van der Waals surface area contributed by atoms with Gasteiger partial charge in [-0.25, -0.2) is 0 Å². The monoisotopic (exact) mass is 343 g/mol. The topological polar surface area (TPSA) is 103 Å². The number of para-hydroxylation sites is 1. The van der Waals surface area contributed by atoms with Crippen molar-refractivity contribution in [3.63, 3.8) is 0 Å². The summed E-state index contributed by atoms with van der Waals surface area (Å²) in [7, 11) is 0. The molecule has 0 aliphatic carbocycles. The molecule has 2 heterocycles. The number of fused-ring (bicyclic) bond motifs is 1. The van der Waals surface area contributed by atoms with E-state index in [9.17, 15) is 14.4 Å². The van der Waals surface area contributed by atoms with E-state index in [1.807, 2.05) is 30.5 Å². The number of carboxylic acid groups (broad SMARTS) is 1. The van der Waals surface area contributed by atoms with Crippen LogP contribution in [0.5, 0.6) is 0 Å². The molecule has 0 bridgehead atoms. The molecule has 0 spiro atoms. The van der Waals surface area contributed by atoms with Crippen molar-refractivity contribution in [2.45, 2.75) is 25.8 Å². The lowest BCUT2D eigenvalue weighted by Gasteiger charge is -2.23. The van der Waals surface area contributed by atoms with Crippen LogP contribution in [-0.4, -0.2) is 51.9 Å². The lowest BCUT2D eigenvalue weighted by molar-refractivity contribution is -0.141. The number of benzene rings is 1. The SMILES string of the molecule is CC(=O)NC(Cc1c[nH]c2ccccc12)C(=O)N1CCC(C(=O)O)C1. The largest absolute Gasteiger partial charge is 0.481 e. The van der Waals surface area contributed by atoms with Gasteiger partial charge in [-0.15, -0.1) is 0 Å². The fourth-order valence-corrected chi connectivity index (χ4v) is 3.35. The van der Waals surface area contributed by atoms with Gasteiger partial charge >= 0.3 is 5.97 Å². The van der Waals surface area contributed by atoms with Crippen LogP contribution in [0.2, 0.25) is 0 Å². The summed E-state index contributed by atoms with van der Waals surface area (Å²) in [5.41, 5.74) is 1.91. The molecule has 1 aliphatic rings. The van der Waals surface area contributed by atoms with Crippen molar-refractivity contribution < 1.29 is 19.5 Å². The number of rotatable bonds is 5. The first-order valence-corrected chi connectivity index (χ1v) is 8.29. The summed E-state index contributed by atoms with van der Waals surface area (Å²) in [6, 6.07) is 7.06. The predicted octanol–water partition coefficient (Wildman–Crippen LogP) is 1.15. The highest BCUT2D eigenvalue weighted by molar-refractivity contribution is 5.89. The zero-order valence-electron chi connectivity index (χ0n) is 14.0. The Hall–Kier alpha value is -2.83. The maximum absolute atomic E-state index is 12.8. The Morgan fingerprint density at radius 3 is 2.80 bits per heavy atom. The molecular formula is C18H21N3O4. The molecule has 2 atom stereocenters. The lowest BCUT2D eigenvalue weighted by atomic mass is 10.0. The Morgan fingerprint density at radius 2 is 2.12 bits per heavy atom. The Labute approximate surface area is 145 Å². The summed E-state index contributed by atoms with van der Waals surface area (Å²) >= 11 is 0. The second-order valence-electron chi connectivity index (χ2n) is 6.42. The Kier molecular flexibility index (Phi) is 4.74. The minimum Gasteiger partial charge on any atom is -0.481 e. The third-order valence-electron chi connectivity index (χ3n) is 4.62.